The van der Waals surface area contributed by atoms with E-state index in [9.17, 15) is 22.8 Å². The first kappa shape index (κ1) is 18.1. The maximum absolute atomic E-state index is 13.4. The van der Waals surface area contributed by atoms with Crippen molar-refractivity contribution in [3.05, 3.63) is 59.4 Å². The fourth-order valence-electron chi connectivity index (χ4n) is 2.56. The monoisotopic (exact) mass is 373 g/mol. The van der Waals surface area contributed by atoms with Crippen LogP contribution in [0, 0.1) is 17.1 Å². The van der Waals surface area contributed by atoms with Gasteiger partial charge in [0.05, 0.1) is 11.3 Å². The number of anilines is 2. The molecule has 0 saturated carbocycles. The summed E-state index contributed by atoms with van der Waals surface area (Å²) in [5, 5.41) is 9.22. The summed E-state index contributed by atoms with van der Waals surface area (Å²) in [6, 6.07) is 10.8. The van der Waals surface area contributed by atoms with Crippen molar-refractivity contribution in [3.8, 4) is 28.5 Å². The van der Waals surface area contributed by atoms with Gasteiger partial charge in [0.2, 0.25) is 5.95 Å². The third kappa shape index (κ3) is 3.50. The highest BCUT2D eigenvalue weighted by atomic mass is 19.4. The topological polar surface area (TPSA) is 102 Å². The molecule has 5 nitrogen and oxygen atoms in total. The summed E-state index contributed by atoms with van der Waals surface area (Å²) in [6.07, 6.45) is -4.79. The molecule has 0 aliphatic carbocycles. The first-order valence-electron chi connectivity index (χ1n) is 7.51. The van der Waals surface area contributed by atoms with E-state index >= 15 is 0 Å². The number of nitriles is 1. The van der Waals surface area contributed by atoms with Gasteiger partial charge < -0.3 is 11.5 Å². The number of hydrogen-bond acceptors (Lipinski definition) is 5. The van der Waals surface area contributed by atoms with Gasteiger partial charge in [-0.25, -0.2) is 9.37 Å². The molecular formula is C18H11F4N5. The number of nitrogens with two attached hydrogens (primary N) is 2. The normalized spacial score (nSPS) is 11.2. The summed E-state index contributed by atoms with van der Waals surface area (Å²) >= 11 is 0. The summed E-state index contributed by atoms with van der Waals surface area (Å²) in [6.45, 7) is 0. The minimum absolute atomic E-state index is 0.0399. The molecule has 3 aromatic rings. The predicted octanol–water partition coefficient (Wildman–Crippen LogP) is 4.00. The lowest BCUT2D eigenvalue weighted by Crippen LogP contribution is -2.08. The summed E-state index contributed by atoms with van der Waals surface area (Å²) in [4.78, 5) is 7.72. The van der Waals surface area contributed by atoms with Gasteiger partial charge in [-0.2, -0.15) is 23.4 Å². The van der Waals surface area contributed by atoms with E-state index in [4.69, 9.17) is 11.5 Å². The molecule has 1 aromatic heterocycles. The van der Waals surface area contributed by atoms with Crippen LogP contribution in [0.4, 0.5) is 29.3 Å². The van der Waals surface area contributed by atoms with Crippen LogP contribution in [0.3, 0.4) is 0 Å². The Morgan fingerprint density at radius 1 is 0.889 bits per heavy atom. The molecule has 0 amide bonds. The van der Waals surface area contributed by atoms with Gasteiger partial charge in [-0.3, -0.25) is 0 Å². The Balaban J connectivity index is 2.04. The number of nitrogens with zero attached hydrogens (tertiary/aromatic N) is 3. The van der Waals surface area contributed by atoms with E-state index in [-0.39, 0.29) is 28.6 Å². The van der Waals surface area contributed by atoms with Crippen molar-refractivity contribution >= 4 is 11.8 Å². The Labute approximate surface area is 150 Å². The number of nitrogen functional groups attached to an aromatic ring is 2. The molecule has 0 aliphatic rings. The quantitative estimate of drug-likeness (QED) is 0.661. The molecule has 0 unspecified atom stereocenters. The second-order valence-corrected chi connectivity index (χ2v) is 5.57. The van der Waals surface area contributed by atoms with E-state index in [0.717, 1.165) is 12.1 Å². The van der Waals surface area contributed by atoms with E-state index < -0.39 is 17.6 Å². The molecule has 0 saturated heterocycles. The van der Waals surface area contributed by atoms with Gasteiger partial charge in [-0.15, -0.1) is 0 Å². The molecule has 0 atom stereocenters. The number of benzene rings is 2. The number of rotatable bonds is 2. The SMILES string of the molecule is N#Cc1c(N)nc(N)nc1-c1ccc(-c2ccc(F)c(C(F)(F)F)c2)cc1. The van der Waals surface area contributed by atoms with Crippen molar-refractivity contribution in [1.29, 1.82) is 5.26 Å². The highest BCUT2D eigenvalue weighted by molar-refractivity contribution is 5.75. The Morgan fingerprint density at radius 2 is 1.48 bits per heavy atom. The highest BCUT2D eigenvalue weighted by Gasteiger charge is 2.34. The fraction of sp³-hybridized carbons (Fsp3) is 0.0556. The van der Waals surface area contributed by atoms with Gasteiger partial charge in [0, 0.05) is 5.56 Å². The maximum atomic E-state index is 13.4. The molecular weight excluding hydrogens is 362 g/mol. The van der Waals surface area contributed by atoms with Gasteiger partial charge in [0.1, 0.15) is 23.3 Å². The largest absolute Gasteiger partial charge is 0.419 e. The lowest BCUT2D eigenvalue weighted by molar-refractivity contribution is -0.139. The molecule has 1 heterocycles. The van der Waals surface area contributed by atoms with Crippen molar-refractivity contribution in [3.63, 3.8) is 0 Å². The second kappa shape index (κ2) is 6.57. The van der Waals surface area contributed by atoms with E-state index in [1.54, 1.807) is 12.1 Å². The van der Waals surface area contributed by atoms with Crippen molar-refractivity contribution in [1.82, 2.24) is 9.97 Å². The Hall–Kier alpha value is -3.67. The van der Waals surface area contributed by atoms with E-state index in [1.165, 1.54) is 18.2 Å². The second-order valence-electron chi connectivity index (χ2n) is 5.57. The summed E-state index contributed by atoms with van der Waals surface area (Å²) in [5.74, 6) is -1.52. The van der Waals surface area contributed by atoms with E-state index in [0.29, 0.717) is 11.1 Å². The van der Waals surface area contributed by atoms with E-state index in [2.05, 4.69) is 9.97 Å². The molecule has 0 spiro atoms. The minimum Gasteiger partial charge on any atom is -0.382 e. The zero-order chi connectivity index (χ0) is 19.8. The highest BCUT2D eigenvalue weighted by Crippen LogP contribution is 2.35. The standard InChI is InChI=1S/C18H11F4N5/c19-14-6-5-11(7-13(14)18(20,21)22)9-1-3-10(4-2-9)15-12(8-23)16(24)27-17(25)26-15/h1-7H,(H4,24,25,26,27). The summed E-state index contributed by atoms with van der Waals surface area (Å²) in [5.41, 5.74) is 11.2. The van der Waals surface area contributed by atoms with Crippen molar-refractivity contribution in [2.75, 3.05) is 11.5 Å². The summed E-state index contributed by atoms with van der Waals surface area (Å²) in [7, 11) is 0. The molecule has 0 fully saturated rings. The van der Waals surface area contributed by atoms with Crippen molar-refractivity contribution in [2.24, 2.45) is 0 Å². The van der Waals surface area contributed by atoms with Crippen LogP contribution in [0.1, 0.15) is 11.1 Å². The summed E-state index contributed by atoms with van der Waals surface area (Å²) < 4.78 is 52.1. The van der Waals surface area contributed by atoms with Gasteiger partial charge in [0.15, 0.2) is 0 Å². The molecule has 2 aromatic carbocycles. The Morgan fingerprint density at radius 3 is 2.07 bits per heavy atom. The maximum Gasteiger partial charge on any atom is 0.419 e. The molecule has 0 aliphatic heterocycles. The molecule has 27 heavy (non-hydrogen) atoms. The average molecular weight is 373 g/mol. The molecule has 3 rings (SSSR count). The first-order chi connectivity index (χ1) is 12.7. The number of halogens is 4. The van der Waals surface area contributed by atoms with Crippen LogP contribution in [0.15, 0.2) is 42.5 Å². The third-order valence-corrected chi connectivity index (χ3v) is 3.83. The zero-order valence-electron chi connectivity index (χ0n) is 13.5. The Bertz CT molecular complexity index is 1050. The molecule has 0 radical (unpaired) electrons. The third-order valence-electron chi connectivity index (χ3n) is 3.83. The van der Waals surface area contributed by atoms with Gasteiger partial charge >= 0.3 is 6.18 Å². The van der Waals surface area contributed by atoms with Crippen LogP contribution in [-0.2, 0) is 6.18 Å². The van der Waals surface area contributed by atoms with E-state index in [1.807, 2.05) is 6.07 Å². The van der Waals surface area contributed by atoms with Crippen LogP contribution in [0.5, 0.6) is 0 Å². The molecule has 0 bridgehead atoms. The zero-order valence-corrected chi connectivity index (χ0v) is 13.5. The molecule has 136 valence electrons. The van der Waals surface area contributed by atoms with Gasteiger partial charge in [-0.1, -0.05) is 30.3 Å². The van der Waals surface area contributed by atoms with Crippen LogP contribution < -0.4 is 11.5 Å². The molecule has 4 N–H and O–H groups in total. The van der Waals surface area contributed by atoms with Gasteiger partial charge in [0.25, 0.3) is 0 Å². The fourth-order valence-corrected chi connectivity index (χ4v) is 2.56. The van der Waals surface area contributed by atoms with Crippen molar-refractivity contribution in [2.45, 2.75) is 6.18 Å². The minimum atomic E-state index is -4.79. The smallest absolute Gasteiger partial charge is 0.382 e. The average Bonchev–Trinajstić information content (AvgIpc) is 2.61. The number of alkyl halides is 3. The number of hydrogen-bond donors (Lipinski definition) is 2. The lowest BCUT2D eigenvalue weighted by atomic mass is 9.99. The van der Waals surface area contributed by atoms with Crippen LogP contribution in [0.25, 0.3) is 22.4 Å². The van der Waals surface area contributed by atoms with Crippen LogP contribution in [0.2, 0.25) is 0 Å². The first-order valence-corrected chi connectivity index (χ1v) is 7.51. The van der Waals surface area contributed by atoms with Gasteiger partial charge in [-0.05, 0) is 23.3 Å². The predicted molar refractivity (Wildman–Crippen MR) is 91.4 cm³/mol. The van der Waals surface area contributed by atoms with Crippen LogP contribution >= 0.6 is 0 Å². The van der Waals surface area contributed by atoms with Crippen LogP contribution in [-0.4, -0.2) is 9.97 Å². The van der Waals surface area contributed by atoms with Crippen molar-refractivity contribution < 1.29 is 17.6 Å². The molecule has 9 heteroatoms. The number of aromatic nitrogens is 2. The Kier molecular flexibility index (Phi) is 4.41. The lowest BCUT2D eigenvalue weighted by Gasteiger charge is -2.11.